The predicted octanol–water partition coefficient (Wildman–Crippen LogP) is -2.48. The summed E-state index contributed by atoms with van der Waals surface area (Å²) in [6.45, 7) is -0.806. The Morgan fingerprint density at radius 2 is 2.21 bits per heavy atom. The summed E-state index contributed by atoms with van der Waals surface area (Å²) in [5, 5.41) is 17.3. The Labute approximate surface area is 79.1 Å². The molecular formula is C7H10N2O5. The summed E-state index contributed by atoms with van der Waals surface area (Å²) < 4.78 is 0. The van der Waals surface area contributed by atoms with Crippen molar-refractivity contribution in [3.8, 4) is 0 Å². The van der Waals surface area contributed by atoms with E-state index in [1.165, 1.54) is 0 Å². The predicted molar refractivity (Wildman–Crippen MR) is 43.0 cm³/mol. The lowest BCUT2D eigenvalue weighted by molar-refractivity contribution is -0.156. The Morgan fingerprint density at radius 1 is 1.64 bits per heavy atom. The van der Waals surface area contributed by atoms with Crippen molar-refractivity contribution in [2.75, 3.05) is 6.61 Å². The third kappa shape index (κ3) is 1.59. The number of carboxylic acid groups (broad SMARTS) is 1. The Kier molecular flexibility index (Phi) is 2.82. The lowest BCUT2D eigenvalue weighted by Gasteiger charge is -2.20. The minimum atomic E-state index is -1.52. The molecule has 0 aromatic rings. The second-order valence-corrected chi connectivity index (χ2v) is 2.95. The van der Waals surface area contributed by atoms with Gasteiger partial charge in [0.25, 0.3) is 0 Å². The van der Waals surface area contributed by atoms with Gasteiger partial charge in [-0.2, -0.15) is 0 Å². The molecule has 2 atom stereocenters. The van der Waals surface area contributed by atoms with Gasteiger partial charge in [0, 0.05) is 0 Å². The summed E-state index contributed by atoms with van der Waals surface area (Å²) in [5.41, 5.74) is 5.27. The van der Waals surface area contributed by atoms with Crippen LogP contribution in [0.25, 0.3) is 0 Å². The van der Waals surface area contributed by atoms with Crippen molar-refractivity contribution in [2.45, 2.75) is 18.5 Å². The van der Waals surface area contributed by atoms with Gasteiger partial charge in [-0.3, -0.25) is 14.5 Å². The van der Waals surface area contributed by atoms with Crippen LogP contribution in [0.15, 0.2) is 0 Å². The summed E-state index contributed by atoms with van der Waals surface area (Å²) in [6, 6.07) is -2.51. The minimum Gasteiger partial charge on any atom is -0.480 e. The van der Waals surface area contributed by atoms with Gasteiger partial charge in [-0.05, 0) is 0 Å². The molecule has 0 saturated carbocycles. The van der Waals surface area contributed by atoms with Crippen molar-refractivity contribution < 1.29 is 24.6 Å². The number of aliphatic hydroxyl groups is 1. The van der Waals surface area contributed by atoms with Crippen LogP contribution < -0.4 is 5.73 Å². The van der Waals surface area contributed by atoms with E-state index in [-0.39, 0.29) is 6.42 Å². The number of hydrogen-bond acceptors (Lipinski definition) is 5. The van der Waals surface area contributed by atoms with Crippen LogP contribution in [0.5, 0.6) is 0 Å². The molecule has 1 heterocycles. The molecule has 0 unspecified atom stereocenters. The fourth-order valence-electron chi connectivity index (χ4n) is 1.27. The summed E-state index contributed by atoms with van der Waals surface area (Å²) in [5.74, 6) is -2.84. The smallest absolute Gasteiger partial charge is 0.329 e. The van der Waals surface area contributed by atoms with E-state index in [0.717, 1.165) is 0 Å². The number of aliphatic carboxylic acids is 1. The molecule has 0 aromatic carbocycles. The van der Waals surface area contributed by atoms with E-state index >= 15 is 0 Å². The molecule has 1 aliphatic rings. The van der Waals surface area contributed by atoms with Gasteiger partial charge in [-0.25, -0.2) is 4.79 Å². The lowest BCUT2D eigenvalue weighted by Crippen LogP contribution is -2.48. The van der Waals surface area contributed by atoms with Crippen molar-refractivity contribution in [3.05, 3.63) is 0 Å². The SMILES string of the molecule is N[C@H]1CC(=O)N([C@@H](CO)C(=O)O)C1=O. The second kappa shape index (κ2) is 3.72. The molecular weight excluding hydrogens is 192 g/mol. The molecule has 7 heteroatoms. The Hall–Kier alpha value is -1.47. The summed E-state index contributed by atoms with van der Waals surface area (Å²) >= 11 is 0. The van der Waals surface area contributed by atoms with Crippen LogP contribution in [-0.4, -0.2) is 51.6 Å². The zero-order valence-corrected chi connectivity index (χ0v) is 7.21. The molecule has 1 fully saturated rings. The van der Waals surface area contributed by atoms with Crippen molar-refractivity contribution in [1.82, 2.24) is 4.90 Å². The number of nitrogens with zero attached hydrogens (tertiary/aromatic N) is 1. The van der Waals surface area contributed by atoms with E-state index in [1.54, 1.807) is 0 Å². The number of carbonyl (C=O) groups is 3. The quantitative estimate of drug-likeness (QED) is 0.435. The highest BCUT2D eigenvalue weighted by molar-refractivity contribution is 6.07. The first kappa shape index (κ1) is 10.6. The Balaban J connectivity index is 2.90. The van der Waals surface area contributed by atoms with Crippen LogP contribution in [0, 0.1) is 0 Å². The molecule has 0 spiro atoms. The lowest BCUT2D eigenvalue weighted by atomic mass is 10.2. The van der Waals surface area contributed by atoms with Gasteiger partial charge < -0.3 is 15.9 Å². The number of aliphatic hydroxyl groups excluding tert-OH is 1. The molecule has 1 saturated heterocycles. The van der Waals surface area contributed by atoms with Crippen molar-refractivity contribution >= 4 is 17.8 Å². The molecule has 78 valence electrons. The summed E-state index contributed by atoms with van der Waals surface area (Å²) in [6.07, 6.45) is -0.206. The highest BCUT2D eigenvalue weighted by Crippen LogP contribution is 2.14. The van der Waals surface area contributed by atoms with Gasteiger partial charge in [-0.1, -0.05) is 0 Å². The zero-order valence-electron chi connectivity index (χ0n) is 7.21. The normalized spacial score (nSPS) is 24.1. The first-order valence-corrected chi connectivity index (χ1v) is 3.94. The number of likely N-dealkylation sites (tertiary alicyclic amines) is 1. The molecule has 1 rings (SSSR count). The third-order valence-corrected chi connectivity index (χ3v) is 1.99. The van der Waals surface area contributed by atoms with Gasteiger partial charge in [0.1, 0.15) is 0 Å². The van der Waals surface area contributed by atoms with Gasteiger partial charge in [0.2, 0.25) is 11.8 Å². The van der Waals surface area contributed by atoms with Gasteiger partial charge >= 0.3 is 5.97 Å². The highest BCUT2D eigenvalue weighted by atomic mass is 16.4. The number of rotatable bonds is 3. The first-order chi connectivity index (χ1) is 6.49. The summed E-state index contributed by atoms with van der Waals surface area (Å²) in [7, 11) is 0. The van der Waals surface area contributed by atoms with Crippen LogP contribution in [0.2, 0.25) is 0 Å². The number of amides is 2. The maximum atomic E-state index is 11.2. The standard InChI is InChI=1S/C7H10N2O5/c8-3-1-5(11)9(6(3)12)4(2-10)7(13)14/h3-4,10H,1-2,8H2,(H,13,14)/t3-,4-/m0/s1. The van der Waals surface area contributed by atoms with Crippen LogP contribution in [-0.2, 0) is 14.4 Å². The van der Waals surface area contributed by atoms with Crippen LogP contribution in [0.4, 0.5) is 0 Å². The molecule has 2 amide bonds. The van der Waals surface area contributed by atoms with Crippen LogP contribution in [0.3, 0.4) is 0 Å². The maximum Gasteiger partial charge on any atom is 0.329 e. The van der Waals surface area contributed by atoms with Gasteiger partial charge in [0.05, 0.1) is 19.1 Å². The van der Waals surface area contributed by atoms with Crippen molar-refractivity contribution in [2.24, 2.45) is 5.73 Å². The number of hydrogen-bond donors (Lipinski definition) is 3. The van der Waals surface area contributed by atoms with Crippen molar-refractivity contribution in [3.63, 3.8) is 0 Å². The van der Waals surface area contributed by atoms with Crippen molar-refractivity contribution in [1.29, 1.82) is 0 Å². The zero-order chi connectivity index (χ0) is 10.9. The molecule has 0 aliphatic carbocycles. The first-order valence-electron chi connectivity index (χ1n) is 3.94. The molecule has 14 heavy (non-hydrogen) atoms. The topological polar surface area (TPSA) is 121 Å². The average molecular weight is 202 g/mol. The fourth-order valence-corrected chi connectivity index (χ4v) is 1.27. The highest BCUT2D eigenvalue weighted by Gasteiger charge is 2.43. The van der Waals surface area contributed by atoms with E-state index < -0.39 is 36.5 Å². The average Bonchev–Trinajstić information content (AvgIpc) is 2.32. The molecule has 4 N–H and O–H groups in total. The minimum absolute atomic E-state index is 0.206. The molecule has 1 aliphatic heterocycles. The van der Waals surface area contributed by atoms with Crippen LogP contribution in [0.1, 0.15) is 6.42 Å². The monoisotopic (exact) mass is 202 g/mol. The summed E-state index contributed by atoms with van der Waals surface area (Å²) in [4.78, 5) is 33.5. The number of carboxylic acids is 1. The van der Waals surface area contributed by atoms with E-state index in [4.69, 9.17) is 15.9 Å². The van der Waals surface area contributed by atoms with Gasteiger partial charge in [0.15, 0.2) is 6.04 Å². The maximum absolute atomic E-state index is 11.2. The Bertz CT molecular complexity index is 290. The van der Waals surface area contributed by atoms with Crippen LogP contribution >= 0.6 is 0 Å². The molecule has 0 aromatic heterocycles. The largest absolute Gasteiger partial charge is 0.480 e. The van der Waals surface area contributed by atoms with E-state index in [0.29, 0.717) is 4.90 Å². The van der Waals surface area contributed by atoms with E-state index in [2.05, 4.69) is 0 Å². The third-order valence-electron chi connectivity index (χ3n) is 1.99. The second-order valence-electron chi connectivity index (χ2n) is 2.95. The molecule has 0 bridgehead atoms. The van der Waals surface area contributed by atoms with E-state index in [1.807, 2.05) is 0 Å². The number of imide groups is 1. The fraction of sp³-hybridized carbons (Fsp3) is 0.571. The van der Waals surface area contributed by atoms with E-state index in [9.17, 15) is 14.4 Å². The molecule has 0 radical (unpaired) electrons. The number of carbonyl (C=O) groups excluding carboxylic acids is 2. The number of nitrogens with two attached hydrogens (primary N) is 1. The van der Waals surface area contributed by atoms with Gasteiger partial charge in [-0.15, -0.1) is 0 Å². The molecule has 7 nitrogen and oxygen atoms in total. The Morgan fingerprint density at radius 3 is 2.50 bits per heavy atom.